The van der Waals surface area contributed by atoms with Crippen molar-refractivity contribution in [3.8, 4) is 0 Å². The first-order chi connectivity index (χ1) is 7.78. The third-order valence-corrected chi connectivity index (χ3v) is 3.47. The number of benzene rings is 1. The van der Waals surface area contributed by atoms with Crippen LogP contribution in [0.5, 0.6) is 0 Å². The van der Waals surface area contributed by atoms with Crippen LogP contribution in [0.4, 0.5) is 4.39 Å². The number of hydrogen-bond acceptors (Lipinski definition) is 1. The fourth-order valence-corrected chi connectivity index (χ4v) is 2.69. The summed E-state index contributed by atoms with van der Waals surface area (Å²) in [4.78, 5) is 0. The molecule has 2 rings (SSSR count). The van der Waals surface area contributed by atoms with Gasteiger partial charge in [0.25, 0.3) is 0 Å². The van der Waals surface area contributed by atoms with Gasteiger partial charge in [0.2, 0.25) is 0 Å². The van der Waals surface area contributed by atoms with Crippen LogP contribution in [0, 0.1) is 11.7 Å². The topological polar surface area (TPSA) is 12.0 Å². The zero-order valence-electron chi connectivity index (χ0n) is 9.88. The van der Waals surface area contributed by atoms with Gasteiger partial charge < -0.3 is 5.32 Å². The minimum atomic E-state index is -0.138. The molecule has 1 saturated carbocycles. The molecule has 1 nitrogen and oxygen atoms in total. The van der Waals surface area contributed by atoms with Gasteiger partial charge in [-0.15, -0.1) is 0 Å². The van der Waals surface area contributed by atoms with Gasteiger partial charge in [-0.2, -0.15) is 0 Å². The molecule has 2 unspecified atom stereocenters. The van der Waals surface area contributed by atoms with Crippen molar-refractivity contribution < 1.29 is 4.39 Å². The van der Waals surface area contributed by atoms with Crippen molar-refractivity contribution >= 4 is 0 Å². The molecule has 2 atom stereocenters. The van der Waals surface area contributed by atoms with Crippen LogP contribution in [-0.2, 0) is 6.42 Å². The second kappa shape index (κ2) is 5.44. The summed E-state index contributed by atoms with van der Waals surface area (Å²) in [5.41, 5.74) is 1.27. The van der Waals surface area contributed by atoms with E-state index in [2.05, 4.69) is 12.2 Å². The monoisotopic (exact) mass is 221 g/mol. The second-order valence-electron chi connectivity index (χ2n) is 4.76. The summed E-state index contributed by atoms with van der Waals surface area (Å²) < 4.78 is 12.8. The highest BCUT2D eigenvalue weighted by Crippen LogP contribution is 2.28. The molecule has 0 bridgehead atoms. The molecule has 1 aliphatic carbocycles. The molecule has 0 aromatic heterocycles. The Labute approximate surface area is 97.1 Å². The van der Waals surface area contributed by atoms with Gasteiger partial charge in [-0.1, -0.05) is 19.1 Å². The van der Waals surface area contributed by atoms with Crippen molar-refractivity contribution in [2.75, 3.05) is 6.54 Å². The normalized spacial score (nSPS) is 24.9. The second-order valence-corrected chi connectivity index (χ2v) is 4.76. The van der Waals surface area contributed by atoms with E-state index in [1.807, 2.05) is 12.1 Å². The van der Waals surface area contributed by atoms with Crippen molar-refractivity contribution in [3.05, 3.63) is 35.6 Å². The van der Waals surface area contributed by atoms with Crippen LogP contribution in [0.15, 0.2) is 24.3 Å². The molecule has 0 aliphatic heterocycles. The number of halogens is 1. The van der Waals surface area contributed by atoms with E-state index < -0.39 is 0 Å². The SMILES string of the molecule is CCNC1CCC(Cc2ccc(F)cc2)C1. The quantitative estimate of drug-likeness (QED) is 0.823. The first kappa shape index (κ1) is 11.6. The van der Waals surface area contributed by atoms with Gasteiger partial charge in [0.05, 0.1) is 0 Å². The van der Waals surface area contributed by atoms with Crippen LogP contribution in [0.1, 0.15) is 31.7 Å². The highest BCUT2D eigenvalue weighted by molar-refractivity contribution is 5.16. The smallest absolute Gasteiger partial charge is 0.123 e. The molecule has 0 spiro atoms. The molecule has 1 fully saturated rings. The van der Waals surface area contributed by atoms with Gasteiger partial charge in [-0.05, 0) is 55.8 Å². The van der Waals surface area contributed by atoms with Crippen LogP contribution in [0.2, 0.25) is 0 Å². The Morgan fingerprint density at radius 2 is 2.00 bits per heavy atom. The zero-order valence-corrected chi connectivity index (χ0v) is 9.88. The molecular formula is C14H20FN. The highest BCUT2D eigenvalue weighted by atomic mass is 19.1. The maximum absolute atomic E-state index is 12.8. The van der Waals surface area contributed by atoms with Gasteiger partial charge in [0.15, 0.2) is 0 Å². The van der Waals surface area contributed by atoms with Gasteiger partial charge >= 0.3 is 0 Å². The zero-order chi connectivity index (χ0) is 11.4. The predicted molar refractivity (Wildman–Crippen MR) is 64.9 cm³/mol. The molecule has 1 N–H and O–H groups in total. The highest BCUT2D eigenvalue weighted by Gasteiger charge is 2.23. The Morgan fingerprint density at radius 3 is 2.69 bits per heavy atom. The van der Waals surface area contributed by atoms with Crippen molar-refractivity contribution in [3.63, 3.8) is 0 Å². The molecule has 0 heterocycles. The molecule has 16 heavy (non-hydrogen) atoms. The average Bonchev–Trinajstić information content (AvgIpc) is 2.70. The third kappa shape index (κ3) is 3.05. The lowest BCUT2D eigenvalue weighted by Crippen LogP contribution is -2.25. The van der Waals surface area contributed by atoms with E-state index in [0.717, 1.165) is 18.9 Å². The van der Waals surface area contributed by atoms with Crippen molar-refractivity contribution in [2.24, 2.45) is 5.92 Å². The third-order valence-electron chi connectivity index (χ3n) is 3.47. The number of rotatable bonds is 4. The van der Waals surface area contributed by atoms with Crippen LogP contribution >= 0.6 is 0 Å². The van der Waals surface area contributed by atoms with Gasteiger partial charge in [0.1, 0.15) is 5.82 Å². The predicted octanol–water partition coefficient (Wildman–Crippen LogP) is 3.15. The van der Waals surface area contributed by atoms with Crippen molar-refractivity contribution in [1.82, 2.24) is 5.32 Å². The molecule has 88 valence electrons. The summed E-state index contributed by atoms with van der Waals surface area (Å²) in [7, 11) is 0. The van der Waals surface area contributed by atoms with E-state index in [-0.39, 0.29) is 5.82 Å². The minimum Gasteiger partial charge on any atom is -0.314 e. The first-order valence-corrected chi connectivity index (χ1v) is 6.25. The molecule has 1 aromatic carbocycles. The fourth-order valence-electron chi connectivity index (χ4n) is 2.69. The Hall–Kier alpha value is -0.890. The summed E-state index contributed by atoms with van der Waals surface area (Å²) in [6, 6.07) is 7.65. The summed E-state index contributed by atoms with van der Waals surface area (Å²) >= 11 is 0. The summed E-state index contributed by atoms with van der Waals surface area (Å²) in [5, 5.41) is 3.51. The van der Waals surface area contributed by atoms with Crippen LogP contribution in [0.25, 0.3) is 0 Å². The standard InChI is InChI=1S/C14H20FN/c1-2-16-14-8-5-12(10-14)9-11-3-6-13(15)7-4-11/h3-4,6-7,12,14,16H,2,5,8-10H2,1H3. The Kier molecular flexibility index (Phi) is 3.94. The fraction of sp³-hybridized carbons (Fsp3) is 0.571. The lowest BCUT2D eigenvalue weighted by Gasteiger charge is -2.12. The van der Waals surface area contributed by atoms with E-state index in [9.17, 15) is 4.39 Å². The maximum atomic E-state index is 12.8. The largest absolute Gasteiger partial charge is 0.314 e. The van der Waals surface area contributed by atoms with E-state index in [4.69, 9.17) is 0 Å². The van der Waals surface area contributed by atoms with Gasteiger partial charge in [-0.25, -0.2) is 4.39 Å². The minimum absolute atomic E-state index is 0.138. The maximum Gasteiger partial charge on any atom is 0.123 e. The molecular weight excluding hydrogens is 201 g/mol. The molecule has 1 aromatic rings. The summed E-state index contributed by atoms with van der Waals surface area (Å²) in [5.74, 6) is 0.634. The Balaban J connectivity index is 1.84. The van der Waals surface area contributed by atoms with Crippen LogP contribution < -0.4 is 5.32 Å². The average molecular weight is 221 g/mol. The lowest BCUT2D eigenvalue weighted by atomic mass is 9.98. The van der Waals surface area contributed by atoms with E-state index >= 15 is 0 Å². The van der Waals surface area contributed by atoms with Crippen molar-refractivity contribution in [2.45, 2.75) is 38.6 Å². The summed E-state index contributed by atoms with van der Waals surface area (Å²) in [6.45, 7) is 3.22. The molecule has 2 heteroatoms. The lowest BCUT2D eigenvalue weighted by molar-refractivity contribution is 0.493. The molecule has 0 saturated heterocycles. The Morgan fingerprint density at radius 1 is 1.25 bits per heavy atom. The molecule has 0 amide bonds. The van der Waals surface area contributed by atoms with Gasteiger partial charge in [0, 0.05) is 6.04 Å². The number of hydrogen-bond donors (Lipinski definition) is 1. The van der Waals surface area contributed by atoms with Crippen LogP contribution in [-0.4, -0.2) is 12.6 Å². The summed E-state index contributed by atoms with van der Waals surface area (Å²) in [6.07, 6.45) is 4.96. The van der Waals surface area contributed by atoms with Gasteiger partial charge in [-0.3, -0.25) is 0 Å². The van der Waals surface area contributed by atoms with E-state index in [1.165, 1.54) is 24.8 Å². The molecule has 0 radical (unpaired) electrons. The van der Waals surface area contributed by atoms with Crippen molar-refractivity contribution in [1.29, 1.82) is 0 Å². The van der Waals surface area contributed by atoms with E-state index in [0.29, 0.717) is 6.04 Å². The van der Waals surface area contributed by atoms with E-state index in [1.54, 1.807) is 12.1 Å². The molecule has 1 aliphatic rings. The van der Waals surface area contributed by atoms with Crippen LogP contribution in [0.3, 0.4) is 0 Å². The Bertz CT molecular complexity index is 320. The first-order valence-electron chi connectivity index (χ1n) is 6.25. The number of nitrogens with one attached hydrogen (secondary N) is 1.